The lowest BCUT2D eigenvalue weighted by atomic mass is 9.96. The molecule has 0 aliphatic heterocycles. The topological polar surface area (TPSA) is 86.1 Å². The molecule has 6 nitrogen and oxygen atoms in total. The number of aromatic nitrogens is 3. The highest BCUT2D eigenvalue weighted by Crippen LogP contribution is 2.32. The van der Waals surface area contributed by atoms with Crippen LogP contribution in [0.4, 0.5) is 0 Å². The van der Waals surface area contributed by atoms with Gasteiger partial charge in [0.15, 0.2) is 0 Å². The van der Waals surface area contributed by atoms with Gasteiger partial charge in [-0.1, -0.05) is 13.8 Å². The summed E-state index contributed by atoms with van der Waals surface area (Å²) in [5, 5.41) is 13.7. The minimum absolute atomic E-state index is 0.0968. The summed E-state index contributed by atoms with van der Waals surface area (Å²) in [5.41, 5.74) is 2.79. The van der Waals surface area contributed by atoms with Crippen LogP contribution in [0.1, 0.15) is 55.7 Å². The highest BCUT2D eigenvalue weighted by molar-refractivity contribution is 5.99. The number of nitrogens with zero attached hydrogens (tertiary/aromatic N) is 3. The van der Waals surface area contributed by atoms with Crippen molar-refractivity contribution < 1.29 is 9.90 Å². The maximum atomic E-state index is 11.9. The molecule has 0 bridgehead atoms. The fourth-order valence-electron chi connectivity index (χ4n) is 2.47. The minimum atomic E-state index is -0.555. The van der Waals surface area contributed by atoms with Gasteiger partial charge in [0.05, 0.1) is 5.69 Å². The molecule has 2 heterocycles. The van der Waals surface area contributed by atoms with Gasteiger partial charge in [0.2, 0.25) is 5.78 Å². The molecule has 0 aliphatic rings. The summed E-state index contributed by atoms with van der Waals surface area (Å²) in [6, 6.07) is 2.17. The van der Waals surface area contributed by atoms with Crippen LogP contribution in [0.5, 0.6) is 0 Å². The number of aliphatic hydroxyl groups is 1. The minimum Gasteiger partial charge on any atom is -0.388 e. The Morgan fingerprint density at radius 3 is 2.52 bits per heavy atom. The van der Waals surface area contributed by atoms with Crippen LogP contribution in [0.2, 0.25) is 0 Å². The molecule has 2 aromatic rings. The number of carbonyl (C=O) groups is 1. The molecular weight excluding hydrogens is 268 g/mol. The Kier molecular flexibility index (Phi) is 4.18. The van der Waals surface area contributed by atoms with Gasteiger partial charge in [0, 0.05) is 24.0 Å². The van der Waals surface area contributed by atoms with E-state index in [9.17, 15) is 4.79 Å². The molecule has 0 fully saturated rings. The number of hydrogen-bond acceptors (Lipinski definition) is 4. The first-order chi connectivity index (χ1) is 9.86. The third-order valence-corrected chi connectivity index (χ3v) is 3.47. The standard InChI is InChI=1S/C15H22N4O2/c1-9(2)14-11(7-18(16)15(14)13(21)8-20)12-5-6-19(17-12)10(3)4/h5-7,9-10,20H,8,16H2,1-4H3. The molecule has 0 saturated heterocycles. The van der Waals surface area contributed by atoms with Crippen molar-refractivity contribution in [2.45, 2.75) is 39.7 Å². The van der Waals surface area contributed by atoms with E-state index >= 15 is 0 Å². The van der Waals surface area contributed by atoms with Crippen molar-refractivity contribution in [1.82, 2.24) is 14.5 Å². The first kappa shape index (κ1) is 15.3. The van der Waals surface area contributed by atoms with Gasteiger partial charge in [-0.05, 0) is 31.4 Å². The largest absolute Gasteiger partial charge is 0.388 e. The van der Waals surface area contributed by atoms with Crippen molar-refractivity contribution in [2.24, 2.45) is 0 Å². The molecule has 2 rings (SSSR count). The number of aliphatic hydroxyl groups excluding tert-OH is 1. The molecule has 3 N–H and O–H groups in total. The van der Waals surface area contributed by atoms with Crippen molar-refractivity contribution in [1.29, 1.82) is 0 Å². The Balaban J connectivity index is 2.60. The molecule has 21 heavy (non-hydrogen) atoms. The summed E-state index contributed by atoms with van der Waals surface area (Å²) in [4.78, 5) is 11.9. The molecule has 6 heteroatoms. The van der Waals surface area contributed by atoms with Gasteiger partial charge in [0.1, 0.15) is 12.3 Å². The second-order valence-corrected chi connectivity index (χ2v) is 5.72. The second-order valence-electron chi connectivity index (χ2n) is 5.72. The van der Waals surface area contributed by atoms with E-state index in [1.54, 1.807) is 6.20 Å². The van der Waals surface area contributed by atoms with Crippen LogP contribution in [0.3, 0.4) is 0 Å². The summed E-state index contributed by atoms with van der Waals surface area (Å²) in [7, 11) is 0. The molecule has 114 valence electrons. The quantitative estimate of drug-likeness (QED) is 0.651. The Morgan fingerprint density at radius 2 is 2.05 bits per heavy atom. The fraction of sp³-hybridized carbons (Fsp3) is 0.467. The zero-order chi connectivity index (χ0) is 15.7. The van der Waals surface area contributed by atoms with Gasteiger partial charge < -0.3 is 10.9 Å². The average molecular weight is 290 g/mol. The Hall–Kier alpha value is -2.08. The summed E-state index contributed by atoms with van der Waals surface area (Å²) in [6.45, 7) is 7.53. The van der Waals surface area contributed by atoms with Gasteiger partial charge in [-0.2, -0.15) is 5.10 Å². The fourth-order valence-corrected chi connectivity index (χ4v) is 2.47. The molecule has 0 aliphatic carbocycles. The van der Waals surface area contributed by atoms with Crippen molar-refractivity contribution in [3.8, 4) is 11.3 Å². The molecular formula is C15H22N4O2. The summed E-state index contributed by atoms with van der Waals surface area (Å²) >= 11 is 0. The van der Waals surface area contributed by atoms with E-state index in [-0.39, 0.29) is 17.7 Å². The number of Topliss-reactive ketones (excluding diaryl/α,β-unsaturated/α-hetero) is 1. The van der Waals surface area contributed by atoms with E-state index < -0.39 is 6.61 Å². The monoisotopic (exact) mass is 290 g/mol. The van der Waals surface area contributed by atoms with Gasteiger partial charge in [-0.3, -0.25) is 14.2 Å². The van der Waals surface area contributed by atoms with Crippen LogP contribution in [0.25, 0.3) is 11.3 Å². The zero-order valence-corrected chi connectivity index (χ0v) is 12.9. The number of ketones is 1. The van der Waals surface area contributed by atoms with Crippen LogP contribution in [-0.4, -0.2) is 32.0 Å². The van der Waals surface area contributed by atoms with E-state index in [0.29, 0.717) is 5.69 Å². The maximum absolute atomic E-state index is 11.9. The van der Waals surface area contributed by atoms with Gasteiger partial charge in [0.25, 0.3) is 0 Å². The predicted octanol–water partition coefficient (Wildman–Crippen LogP) is 1.94. The molecule has 0 atom stereocenters. The zero-order valence-electron chi connectivity index (χ0n) is 12.9. The van der Waals surface area contributed by atoms with E-state index in [0.717, 1.165) is 16.8 Å². The molecule has 0 radical (unpaired) electrons. The number of hydrogen-bond donors (Lipinski definition) is 2. The van der Waals surface area contributed by atoms with Crippen molar-refractivity contribution in [3.63, 3.8) is 0 Å². The maximum Gasteiger partial charge on any atom is 0.206 e. The van der Waals surface area contributed by atoms with E-state index in [1.165, 1.54) is 4.68 Å². The highest BCUT2D eigenvalue weighted by atomic mass is 16.3. The number of nitrogen functional groups attached to an aromatic ring is 1. The van der Waals surface area contributed by atoms with Crippen LogP contribution >= 0.6 is 0 Å². The van der Waals surface area contributed by atoms with Gasteiger partial charge in [-0.15, -0.1) is 0 Å². The third kappa shape index (κ3) is 2.71. The second kappa shape index (κ2) is 5.73. The molecule has 2 aromatic heterocycles. The Bertz CT molecular complexity index is 653. The normalized spacial score (nSPS) is 11.6. The SMILES string of the molecule is CC(C)c1c(-c2ccn(C(C)C)n2)cn(N)c1C(=O)CO. The van der Waals surface area contributed by atoms with Gasteiger partial charge >= 0.3 is 0 Å². The van der Waals surface area contributed by atoms with Crippen molar-refractivity contribution >= 4 is 5.78 Å². The number of nitrogens with two attached hydrogens (primary N) is 1. The number of rotatable bonds is 5. The molecule has 0 unspecified atom stereocenters. The molecule has 0 amide bonds. The van der Waals surface area contributed by atoms with E-state index in [1.807, 2.05) is 30.8 Å². The smallest absolute Gasteiger partial charge is 0.206 e. The predicted molar refractivity (Wildman–Crippen MR) is 81.7 cm³/mol. The lowest BCUT2D eigenvalue weighted by molar-refractivity contribution is 0.0895. The lowest BCUT2D eigenvalue weighted by Crippen LogP contribution is -2.19. The molecule has 0 spiro atoms. The lowest BCUT2D eigenvalue weighted by Gasteiger charge is -2.10. The average Bonchev–Trinajstić information content (AvgIpc) is 3.01. The van der Waals surface area contributed by atoms with Crippen LogP contribution < -0.4 is 5.84 Å². The Labute approximate surface area is 124 Å². The Morgan fingerprint density at radius 1 is 1.38 bits per heavy atom. The van der Waals surface area contributed by atoms with Crippen molar-refractivity contribution in [3.05, 3.63) is 29.7 Å². The first-order valence-electron chi connectivity index (χ1n) is 7.06. The molecule has 0 aromatic carbocycles. The third-order valence-electron chi connectivity index (χ3n) is 3.47. The molecule has 0 saturated carbocycles. The summed E-state index contributed by atoms with van der Waals surface area (Å²) in [5.74, 6) is 5.63. The van der Waals surface area contributed by atoms with Crippen molar-refractivity contribution in [2.75, 3.05) is 12.4 Å². The highest BCUT2D eigenvalue weighted by Gasteiger charge is 2.24. The van der Waals surface area contributed by atoms with Crippen LogP contribution in [0.15, 0.2) is 18.5 Å². The number of carbonyl (C=O) groups excluding carboxylic acids is 1. The summed E-state index contributed by atoms with van der Waals surface area (Å²) < 4.78 is 3.15. The van der Waals surface area contributed by atoms with Crippen LogP contribution in [0, 0.1) is 0 Å². The first-order valence-corrected chi connectivity index (χ1v) is 7.06. The van der Waals surface area contributed by atoms with Gasteiger partial charge in [-0.25, -0.2) is 0 Å². The summed E-state index contributed by atoms with van der Waals surface area (Å²) in [6.07, 6.45) is 3.61. The van der Waals surface area contributed by atoms with Crippen LogP contribution in [-0.2, 0) is 0 Å². The van der Waals surface area contributed by atoms with E-state index in [4.69, 9.17) is 10.9 Å². The van der Waals surface area contributed by atoms with E-state index in [2.05, 4.69) is 18.9 Å².